The summed E-state index contributed by atoms with van der Waals surface area (Å²) in [6, 6.07) is 11.9. The van der Waals surface area contributed by atoms with Crippen molar-refractivity contribution in [1.82, 2.24) is 0 Å². The molecular weight excluding hydrogens is 722 g/mol. The fraction of sp³-hybridized carbons (Fsp3) is 0.273. The summed E-state index contributed by atoms with van der Waals surface area (Å²) in [7, 11) is 1.85. The predicted octanol–water partition coefficient (Wildman–Crippen LogP) is 6.29. The Morgan fingerprint density at radius 1 is 0.510 bits per heavy atom. The number of benzene rings is 4. The summed E-state index contributed by atoms with van der Waals surface area (Å²) in [5, 5.41) is 2.49. The van der Waals surface area contributed by atoms with Crippen LogP contribution in [0.15, 0.2) is 30.3 Å². The van der Waals surface area contributed by atoms with Crippen LogP contribution < -0.4 is 21.7 Å². The zero-order valence-corrected chi connectivity index (χ0v) is 26.3. The Balaban J connectivity index is 0.000000286. The highest BCUT2D eigenvalue weighted by Gasteiger charge is 2.37. The average molecular weight is 747 g/mol. The predicted molar refractivity (Wildman–Crippen MR) is 155 cm³/mol. The first-order chi connectivity index (χ1) is 24.0. The van der Waals surface area contributed by atoms with Crippen molar-refractivity contribution in [2.75, 3.05) is 7.11 Å². The van der Waals surface area contributed by atoms with E-state index in [0.717, 1.165) is 0 Å². The quantitative estimate of drug-likeness (QED) is 0.102. The van der Waals surface area contributed by atoms with Crippen LogP contribution in [-0.2, 0) is 4.74 Å². The standard InChI is InChI=1S/C18HBF15.C15H23NO/c20-4-1(5(21)11(27)16(32)10(4)26)19(2-6(22)12(28)17(33)13(29)7(2)23)3-8(24)14(30)18(34)15(31)9(3)25;1-12(13-8-4-3-5-9-13)16-14-10-6-7-11-15(14)17-2/h19H;3-5,8-9,12,14-16H,6-7,10-11H2,1-2H3/q-1;/p+1/t;12-,14+,15+/m.1/s1. The second-order valence-corrected chi connectivity index (χ2v) is 11.8. The summed E-state index contributed by atoms with van der Waals surface area (Å²) in [6.45, 7) is -2.87. The van der Waals surface area contributed by atoms with Gasteiger partial charge in [-0.3, -0.25) is 0 Å². The number of quaternary nitrogens is 1. The molecule has 0 bridgehead atoms. The third-order valence-electron chi connectivity index (χ3n) is 8.88. The summed E-state index contributed by atoms with van der Waals surface area (Å²) < 4.78 is 214. The molecule has 0 saturated heterocycles. The van der Waals surface area contributed by atoms with Gasteiger partial charge in [-0.1, -0.05) is 36.8 Å². The maximum Gasteiger partial charge on any atom is 0.200 e. The number of methoxy groups -OCH3 is 1. The van der Waals surface area contributed by atoms with Crippen molar-refractivity contribution in [1.29, 1.82) is 0 Å². The van der Waals surface area contributed by atoms with Crippen molar-refractivity contribution in [2.45, 2.75) is 50.8 Å². The zero-order chi connectivity index (χ0) is 38.1. The van der Waals surface area contributed by atoms with E-state index in [0.29, 0.717) is 18.2 Å². The molecule has 4 aromatic carbocycles. The lowest BCUT2D eigenvalue weighted by atomic mass is 9.36. The molecule has 0 spiro atoms. The van der Waals surface area contributed by atoms with E-state index in [2.05, 4.69) is 42.6 Å². The largest absolute Gasteiger partial charge is 0.375 e. The molecule has 0 radical (unpaired) electrons. The molecule has 18 heteroatoms. The van der Waals surface area contributed by atoms with Crippen LogP contribution in [0.2, 0.25) is 0 Å². The molecule has 51 heavy (non-hydrogen) atoms. The Labute approximate surface area is 280 Å². The van der Waals surface area contributed by atoms with Gasteiger partial charge in [0.25, 0.3) is 0 Å². The molecule has 0 aliphatic heterocycles. The van der Waals surface area contributed by atoms with Gasteiger partial charge < -0.3 is 10.1 Å². The first kappa shape index (κ1) is 39.6. The van der Waals surface area contributed by atoms with Gasteiger partial charge in [-0.2, -0.15) is 0 Å². The minimum absolute atomic E-state index is 0.440. The Hall–Kier alpha value is -4.19. The average Bonchev–Trinajstić information content (AvgIpc) is 3.13. The number of rotatable bonds is 7. The third-order valence-corrected chi connectivity index (χ3v) is 8.88. The highest BCUT2D eigenvalue weighted by molar-refractivity contribution is 6.95. The minimum Gasteiger partial charge on any atom is -0.375 e. The van der Waals surface area contributed by atoms with Crippen LogP contribution in [0.5, 0.6) is 0 Å². The molecular formula is C33H25BF15NO. The van der Waals surface area contributed by atoms with Crippen LogP contribution in [0.25, 0.3) is 0 Å². The van der Waals surface area contributed by atoms with E-state index >= 15 is 0 Å². The van der Waals surface area contributed by atoms with E-state index in [1.807, 2.05) is 7.11 Å². The Morgan fingerprint density at radius 3 is 1.16 bits per heavy atom. The number of hydrogen-bond donors (Lipinski definition) is 1. The van der Waals surface area contributed by atoms with Gasteiger partial charge in [-0.15, -0.1) is 16.4 Å². The second-order valence-electron chi connectivity index (χ2n) is 11.8. The van der Waals surface area contributed by atoms with Gasteiger partial charge in [0, 0.05) is 19.1 Å². The molecule has 276 valence electrons. The van der Waals surface area contributed by atoms with Gasteiger partial charge in [0.15, 0.2) is 52.4 Å². The van der Waals surface area contributed by atoms with Crippen molar-refractivity contribution < 1.29 is 75.9 Å². The molecule has 0 aromatic heterocycles. The lowest BCUT2D eigenvalue weighted by Gasteiger charge is -2.30. The smallest absolute Gasteiger partial charge is 0.200 e. The molecule has 0 heterocycles. The third kappa shape index (κ3) is 7.43. The fourth-order valence-electron chi connectivity index (χ4n) is 6.29. The van der Waals surface area contributed by atoms with Crippen LogP contribution in [0.4, 0.5) is 65.9 Å². The molecule has 2 nitrogen and oxygen atoms in total. The number of nitrogens with two attached hydrogens (primary N) is 1. The summed E-state index contributed by atoms with van der Waals surface area (Å²) in [5.41, 5.74) is -6.37. The van der Waals surface area contributed by atoms with Gasteiger partial charge in [-0.25, -0.2) is 65.9 Å². The van der Waals surface area contributed by atoms with Crippen molar-refractivity contribution in [2.24, 2.45) is 0 Å². The van der Waals surface area contributed by atoms with Crippen LogP contribution in [0.3, 0.4) is 0 Å². The molecule has 0 amide bonds. The van der Waals surface area contributed by atoms with E-state index in [9.17, 15) is 65.9 Å². The Morgan fingerprint density at radius 2 is 0.824 bits per heavy atom. The van der Waals surface area contributed by atoms with E-state index < -0.39 is 110 Å². The number of halogens is 15. The highest BCUT2D eigenvalue weighted by atomic mass is 19.2. The van der Waals surface area contributed by atoms with Gasteiger partial charge in [-0.05, 0) is 19.8 Å². The number of ether oxygens (including phenoxy) is 1. The summed E-state index contributed by atoms with van der Waals surface area (Å²) in [4.78, 5) is 0. The van der Waals surface area contributed by atoms with E-state index in [-0.39, 0.29) is 0 Å². The van der Waals surface area contributed by atoms with Crippen LogP contribution in [-0.4, -0.2) is 26.0 Å². The van der Waals surface area contributed by atoms with Gasteiger partial charge >= 0.3 is 0 Å². The van der Waals surface area contributed by atoms with E-state index in [1.54, 1.807) is 0 Å². The van der Waals surface area contributed by atoms with Gasteiger partial charge in [0.05, 0.1) is 6.71 Å². The van der Waals surface area contributed by atoms with Crippen molar-refractivity contribution in [3.8, 4) is 0 Å². The maximum atomic E-state index is 14.4. The summed E-state index contributed by atoms with van der Waals surface area (Å²) in [6.07, 6.45) is 5.62. The fourth-order valence-corrected chi connectivity index (χ4v) is 6.29. The van der Waals surface area contributed by atoms with E-state index in [4.69, 9.17) is 4.74 Å². The molecule has 0 unspecified atom stereocenters. The Kier molecular flexibility index (Phi) is 12.4. The lowest BCUT2D eigenvalue weighted by Crippen LogP contribution is -2.93. The zero-order valence-electron chi connectivity index (χ0n) is 26.3. The van der Waals surface area contributed by atoms with Gasteiger partial charge in [0.1, 0.15) is 53.1 Å². The summed E-state index contributed by atoms with van der Waals surface area (Å²) in [5.74, 6) is -44.8. The summed E-state index contributed by atoms with van der Waals surface area (Å²) >= 11 is 0. The topological polar surface area (TPSA) is 25.8 Å². The maximum absolute atomic E-state index is 14.4. The van der Waals surface area contributed by atoms with Gasteiger partial charge in [0.2, 0.25) is 0 Å². The molecule has 2 N–H and O–H groups in total. The molecule has 4 aromatic rings. The SMILES string of the molecule is CO[C@H]1CCCC[C@@H]1[NH2+][C@H](C)c1ccccc1.Fc1c(F)c(F)c([BH-](c2c(F)c(F)c(F)c(F)c2F)c2c(F)c(F)c(F)c(F)c2F)c(F)c1F. The molecule has 5 rings (SSSR count). The van der Waals surface area contributed by atoms with Crippen molar-refractivity contribution in [3.05, 3.63) is 123 Å². The molecule has 1 fully saturated rings. The normalized spacial score (nSPS) is 16.7. The molecule has 1 saturated carbocycles. The molecule has 3 atom stereocenters. The first-order valence-electron chi connectivity index (χ1n) is 15.1. The monoisotopic (exact) mass is 747 g/mol. The minimum atomic E-state index is -5.16. The molecule has 1 aliphatic rings. The van der Waals surface area contributed by atoms with Crippen LogP contribution in [0.1, 0.15) is 44.2 Å². The first-order valence-corrected chi connectivity index (χ1v) is 15.1. The van der Waals surface area contributed by atoms with Crippen molar-refractivity contribution in [3.63, 3.8) is 0 Å². The lowest BCUT2D eigenvalue weighted by molar-refractivity contribution is -0.733. The second kappa shape index (κ2) is 16.0. The Bertz CT molecular complexity index is 1680. The number of hydrogen-bond acceptors (Lipinski definition) is 1. The highest BCUT2D eigenvalue weighted by Crippen LogP contribution is 2.24. The van der Waals surface area contributed by atoms with Crippen molar-refractivity contribution >= 4 is 23.1 Å². The van der Waals surface area contributed by atoms with Crippen LogP contribution >= 0.6 is 0 Å². The van der Waals surface area contributed by atoms with E-state index in [1.165, 1.54) is 31.2 Å². The van der Waals surface area contributed by atoms with Crippen LogP contribution in [0, 0.1) is 87.3 Å². The molecule has 1 aliphatic carbocycles.